The van der Waals surface area contributed by atoms with E-state index < -0.39 is 48.2 Å². The molecule has 0 aliphatic carbocycles. The summed E-state index contributed by atoms with van der Waals surface area (Å²) in [5, 5.41) is 62.2. The largest absolute Gasteiger partial charge is 0.458 e. The molecule has 2 aliphatic heterocycles. The van der Waals surface area contributed by atoms with Crippen LogP contribution in [-0.4, -0.2) is 91.0 Å². The maximum absolute atomic E-state index is 11.8. The van der Waals surface area contributed by atoms with E-state index in [9.17, 15) is 35.4 Å². The van der Waals surface area contributed by atoms with Crippen molar-refractivity contribution in [2.45, 2.75) is 216 Å². The van der Waals surface area contributed by atoms with Gasteiger partial charge in [0.2, 0.25) is 0 Å². The summed E-state index contributed by atoms with van der Waals surface area (Å²) in [6.45, 7) is 3.75. The lowest BCUT2D eigenvalue weighted by atomic mass is 9.88. The number of hydrogen-bond acceptors (Lipinski definition) is 9. The van der Waals surface area contributed by atoms with Crippen LogP contribution in [0.3, 0.4) is 0 Å². The molecule has 0 aromatic carbocycles. The molecule has 2 heterocycles. The van der Waals surface area contributed by atoms with Crippen molar-refractivity contribution in [2.75, 3.05) is 0 Å². The molecular weight excluding hydrogens is 564 g/mol. The molecule has 0 aromatic rings. The molecule has 260 valence electrons. The fraction of sp³-hybridized carbons (Fsp3) is 0.971. The van der Waals surface area contributed by atoms with Crippen LogP contribution in [0.15, 0.2) is 0 Å². The first-order valence-electron chi connectivity index (χ1n) is 18.1. The lowest BCUT2D eigenvalue weighted by molar-refractivity contribution is -0.160. The van der Waals surface area contributed by atoms with E-state index in [0.29, 0.717) is 32.1 Å². The zero-order valence-corrected chi connectivity index (χ0v) is 27.8. The number of esters is 1. The van der Waals surface area contributed by atoms with Gasteiger partial charge in [-0.05, 0) is 51.9 Å². The Bertz CT molecular complexity index is 752. The first kappa shape index (κ1) is 39.4. The molecule has 2 saturated heterocycles. The lowest BCUT2D eigenvalue weighted by Crippen LogP contribution is -2.48. The first-order chi connectivity index (χ1) is 21.1. The molecule has 9 atom stereocenters. The maximum atomic E-state index is 11.8. The molecular formula is C35H66O9. The number of cyclic esters (lactones) is 1. The quantitative estimate of drug-likeness (QED) is 0.0557. The Hall–Kier alpha value is -0.810. The van der Waals surface area contributed by atoms with Gasteiger partial charge in [0, 0.05) is 6.42 Å². The molecule has 0 spiro atoms. The Balaban J connectivity index is 1.44. The zero-order valence-electron chi connectivity index (χ0n) is 27.8. The second kappa shape index (κ2) is 21.9. The van der Waals surface area contributed by atoms with Crippen molar-refractivity contribution in [3.63, 3.8) is 0 Å². The number of carbonyl (C=O) groups excluding carboxylic acids is 1. The van der Waals surface area contributed by atoms with Crippen LogP contribution in [0.1, 0.15) is 162 Å². The van der Waals surface area contributed by atoms with E-state index in [1.165, 1.54) is 58.3 Å². The molecule has 0 saturated carbocycles. The smallest absolute Gasteiger partial charge is 0.341 e. The predicted molar refractivity (Wildman–Crippen MR) is 171 cm³/mol. The third-order valence-corrected chi connectivity index (χ3v) is 9.79. The average Bonchev–Trinajstić information content (AvgIpc) is 3.56. The maximum Gasteiger partial charge on any atom is 0.341 e. The van der Waals surface area contributed by atoms with Crippen molar-refractivity contribution in [3.05, 3.63) is 0 Å². The van der Waals surface area contributed by atoms with E-state index in [-0.39, 0.29) is 18.6 Å². The van der Waals surface area contributed by atoms with Gasteiger partial charge in [0.1, 0.15) is 12.2 Å². The second-order valence-corrected chi connectivity index (χ2v) is 13.8. The summed E-state index contributed by atoms with van der Waals surface area (Å²) in [5.74, 6) is -0.888. The van der Waals surface area contributed by atoms with E-state index in [1.807, 2.05) is 0 Å². The number of aliphatic hydroxyl groups is 6. The SMILES string of the molecule is CCCCCCCCCCCC[C@@H](O)[C@H]1CC[C@H]([C@H](O)CCCC[C@H](O)CCCCC[C@@H](O)CC2(O)C(=O)O[C@@H](C)C2O)O1. The van der Waals surface area contributed by atoms with Gasteiger partial charge in [-0.1, -0.05) is 103 Å². The standard InChI is InChI=1S/C35H66O9/c1-3-4-5-6-7-8-9-10-11-15-21-29(38)31-23-24-32(44-31)30(39)22-17-16-19-27(36)18-13-12-14-20-28(37)25-35(42)33(40)26(2)43-34(35)41/h26-33,36-40,42H,3-25H2,1-2H3/t26-,27+,28+,29+,30+,31+,32+,33?,35?/m0/s1. The number of ether oxygens (including phenoxy) is 2. The van der Waals surface area contributed by atoms with Gasteiger partial charge in [0.05, 0.1) is 36.6 Å². The number of rotatable bonds is 26. The van der Waals surface area contributed by atoms with Gasteiger partial charge in [-0.2, -0.15) is 0 Å². The highest BCUT2D eigenvalue weighted by atomic mass is 16.6. The van der Waals surface area contributed by atoms with Gasteiger partial charge in [-0.3, -0.25) is 0 Å². The Morgan fingerprint density at radius 3 is 1.59 bits per heavy atom. The minimum absolute atomic E-state index is 0.171. The van der Waals surface area contributed by atoms with Crippen molar-refractivity contribution in [2.24, 2.45) is 0 Å². The van der Waals surface area contributed by atoms with Gasteiger partial charge in [0.25, 0.3) is 0 Å². The number of unbranched alkanes of at least 4 members (excludes halogenated alkanes) is 12. The van der Waals surface area contributed by atoms with Gasteiger partial charge in [-0.25, -0.2) is 4.79 Å². The summed E-state index contributed by atoms with van der Waals surface area (Å²) < 4.78 is 10.9. The number of aliphatic hydroxyl groups excluding tert-OH is 5. The highest BCUT2D eigenvalue weighted by Crippen LogP contribution is 2.32. The molecule has 2 fully saturated rings. The van der Waals surface area contributed by atoms with Gasteiger partial charge in [0.15, 0.2) is 5.60 Å². The monoisotopic (exact) mass is 630 g/mol. The zero-order chi connectivity index (χ0) is 32.4. The summed E-state index contributed by atoms with van der Waals surface area (Å²) in [7, 11) is 0. The third kappa shape index (κ3) is 14.3. The summed E-state index contributed by atoms with van der Waals surface area (Å²) in [6.07, 6.45) is 16.3. The Kier molecular flexibility index (Phi) is 19.6. The molecule has 6 N–H and O–H groups in total. The minimum Gasteiger partial charge on any atom is -0.458 e. The van der Waals surface area contributed by atoms with E-state index in [4.69, 9.17) is 9.47 Å². The summed E-state index contributed by atoms with van der Waals surface area (Å²) in [4.78, 5) is 11.8. The second-order valence-electron chi connectivity index (χ2n) is 13.8. The Morgan fingerprint density at radius 1 is 0.682 bits per heavy atom. The van der Waals surface area contributed by atoms with E-state index in [1.54, 1.807) is 0 Å². The number of hydrogen-bond donors (Lipinski definition) is 6. The molecule has 9 heteroatoms. The van der Waals surface area contributed by atoms with Gasteiger partial charge < -0.3 is 40.1 Å². The van der Waals surface area contributed by atoms with Crippen LogP contribution in [0.5, 0.6) is 0 Å². The highest BCUT2D eigenvalue weighted by molar-refractivity contribution is 5.82. The molecule has 0 aromatic heterocycles. The molecule has 0 amide bonds. The van der Waals surface area contributed by atoms with Crippen LogP contribution in [0.2, 0.25) is 0 Å². The molecule has 2 rings (SSSR count). The molecule has 2 aliphatic rings. The topological polar surface area (TPSA) is 157 Å². The van der Waals surface area contributed by atoms with E-state index in [0.717, 1.165) is 57.8 Å². The fourth-order valence-corrected chi connectivity index (χ4v) is 6.79. The number of carbonyl (C=O) groups is 1. The molecule has 0 bridgehead atoms. The average molecular weight is 631 g/mol. The molecule has 44 heavy (non-hydrogen) atoms. The minimum atomic E-state index is -2.05. The summed E-state index contributed by atoms with van der Waals surface area (Å²) >= 11 is 0. The van der Waals surface area contributed by atoms with Crippen molar-refractivity contribution < 1.29 is 44.9 Å². The summed E-state index contributed by atoms with van der Waals surface area (Å²) in [5.41, 5.74) is -2.05. The van der Waals surface area contributed by atoms with Crippen LogP contribution in [0.4, 0.5) is 0 Å². The normalized spacial score (nSPS) is 28.2. The molecule has 0 radical (unpaired) electrons. The van der Waals surface area contributed by atoms with Gasteiger partial charge in [-0.15, -0.1) is 0 Å². The lowest BCUT2D eigenvalue weighted by Gasteiger charge is -2.25. The van der Waals surface area contributed by atoms with Crippen molar-refractivity contribution in [3.8, 4) is 0 Å². The van der Waals surface area contributed by atoms with Crippen LogP contribution in [0.25, 0.3) is 0 Å². The third-order valence-electron chi connectivity index (χ3n) is 9.79. The fourth-order valence-electron chi connectivity index (χ4n) is 6.79. The van der Waals surface area contributed by atoms with Crippen LogP contribution < -0.4 is 0 Å². The predicted octanol–water partition coefficient (Wildman–Crippen LogP) is 5.23. The van der Waals surface area contributed by atoms with Crippen molar-refractivity contribution in [1.82, 2.24) is 0 Å². The first-order valence-corrected chi connectivity index (χ1v) is 18.1. The van der Waals surface area contributed by atoms with Crippen LogP contribution in [0, 0.1) is 0 Å². The highest BCUT2D eigenvalue weighted by Gasteiger charge is 2.55. The van der Waals surface area contributed by atoms with E-state index >= 15 is 0 Å². The van der Waals surface area contributed by atoms with E-state index in [2.05, 4.69) is 6.92 Å². The van der Waals surface area contributed by atoms with Gasteiger partial charge >= 0.3 is 5.97 Å². The van der Waals surface area contributed by atoms with Crippen LogP contribution >= 0.6 is 0 Å². The van der Waals surface area contributed by atoms with Crippen LogP contribution in [-0.2, 0) is 14.3 Å². The Labute approximate surface area is 266 Å². The molecule has 9 nitrogen and oxygen atoms in total. The Morgan fingerprint density at radius 2 is 1.09 bits per heavy atom. The molecule has 2 unspecified atom stereocenters. The summed E-state index contributed by atoms with van der Waals surface area (Å²) in [6, 6.07) is 0. The van der Waals surface area contributed by atoms with Crippen molar-refractivity contribution in [1.29, 1.82) is 0 Å². The van der Waals surface area contributed by atoms with Crippen molar-refractivity contribution >= 4 is 5.97 Å².